The van der Waals surface area contributed by atoms with Gasteiger partial charge in [0.25, 0.3) is 0 Å². The molecule has 0 radical (unpaired) electrons. The molecule has 0 fully saturated rings. The second-order valence-electron chi connectivity index (χ2n) is 3.52. The Labute approximate surface area is 83.9 Å². The second-order valence-corrected chi connectivity index (χ2v) is 4.66. The van der Waals surface area contributed by atoms with Gasteiger partial charge in [0.2, 0.25) is 0 Å². The Balaban J connectivity index is 2.41. The van der Waals surface area contributed by atoms with E-state index in [4.69, 9.17) is 0 Å². The summed E-state index contributed by atoms with van der Waals surface area (Å²) in [5.41, 5.74) is 2.85. The van der Waals surface area contributed by atoms with Crippen molar-refractivity contribution in [2.45, 2.75) is 24.3 Å². The smallest absolute Gasteiger partial charge is 0.0336 e. The van der Waals surface area contributed by atoms with Gasteiger partial charge in [-0.05, 0) is 37.8 Å². The summed E-state index contributed by atoms with van der Waals surface area (Å²) >= 11 is 1.98. The van der Waals surface area contributed by atoms with Crippen LogP contribution in [0.25, 0.3) is 0 Å². The van der Waals surface area contributed by atoms with Gasteiger partial charge in [0.1, 0.15) is 0 Å². The van der Waals surface area contributed by atoms with Crippen LogP contribution in [0.15, 0.2) is 23.1 Å². The van der Waals surface area contributed by atoms with Gasteiger partial charge in [0.15, 0.2) is 0 Å². The van der Waals surface area contributed by atoms with Crippen molar-refractivity contribution < 1.29 is 0 Å². The molecule has 1 heterocycles. The lowest BCUT2D eigenvalue weighted by molar-refractivity contribution is 0.564. The zero-order valence-electron chi connectivity index (χ0n) is 8.13. The molecule has 1 N–H and O–H groups in total. The molecular formula is C11H15NS. The van der Waals surface area contributed by atoms with Gasteiger partial charge in [-0.2, -0.15) is 0 Å². The van der Waals surface area contributed by atoms with Crippen LogP contribution in [-0.4, -0.2) is 12.8 Å². The molecule has 13 heavy (non-hydrogen) atoms. The van der Waals surface area contributed by atoms with Crippen LogP contribution in [-0.2, 0) is 0 Å². The second kappa shape index (κ2) is 3.72. The van der Waals surface area contributed by atoms with Crippen molar-refractivity contribution in [3.05, 3.63) is 29.3 Å². The molecule has 70 valence electrons. The molecule has 0 aromatic heterocycles. The molecule has 0 amide bonds. The first-order valence-electron chi connectivity index (χ1n) is 4.72. The van der Waals surface area contributed by atoms with Gasteiger partial charge in [-0.3, -0.25) is 0 Å². The van der Waals surface area contributed by atoms with Crippen molar-refractivity contribution >= 4 is 11.8 Å². The molecule has 1 unspecified atom stereocenters. The lowest BCUT2D eigenvalue weighted by Gasteiger charge is -2.24. The van der Waals surface area contributed by atoms with Crippen LogP contribution in [0.5, 0.6) is 0 Å². The topological polar surface area (TPSA) is 12.0 Å². The molecule has 0 saturated carbocycles. The number of nitrogens with one attached hydrogen (secondary N) is 1. The van der Waals surface area contributed by atoms with E-state index in [-0.39, 0.29) is 0 Å². The number of hydrogen-bond donors (Lipinski definition) is 1. The normalized spacial score (nSPS) is 21.2. The Morgan fingerprint density at radius 3 is 3.08 bits per heavy atom. The van der Waals surface area contributed by atoms with Gasteiger partial charge in [-0.15, -0.1) is 11.8 Å². The van der Waals surface area contributed by atoms with E-state index in [0.717, 1.165) is 0 Å². The van der Waals surface area contributed by atoms with Gasteiger partial charge in [-0.1, -0.05) is 17.7 Å². The minimum atomic E-state index is 0.566. The van der Waals surface area contributed by atoms with Crippen LogP contribution in [0.1, 0.15) is 23.6 Å². The van der Waals surface area contributed by atoms with Gasteiger partial charge >= 0.3 is 0 Å². The number of benzene rings is 1. The van der Waals surface area contributed by atoms with Crippen LogP contribution < -0.4 is 5.32 Å². The first-order chi connectivity index (χ1) is 6.31. The number of aryl methyl sites for hydroxylation is 1. The van der Waals surface area contributed by atoms with E-state index in [1.807, 2.05) is 18.8 Å². The van der Waals surface area contributed by atoms with Crippen molar-refractivity contribution in [2.75, 3.05) is 12.8 Å². The summed E-state index contributed by atoms with van der Waals surface area (Å²) in [4.78, 5) is 1.45. The van der Waals surface area contributed by atoms with E-state index in [1.165, 1.54) is 28.2 Å². The minimum Gasteiger partial charge on any atom is -0.313 e. The number of thioether (sulfide) groups is 1. The monoisotopic (exact) mass is 193 g/mol. The quantitative estimate of drug-likeness (QED) is 0.736. The first-order valence-corrected chi connectivity index (χ1v) is 5.70. The summed E-state index contributed by atoms with van der Waals surface area (Å²) in [7, 11) is 2.05. The third-order valence-electron chi connectivity index (χ3n) is 2.55. The Hall–Kier alpha value is -0.470. The van der Waals surface area contributed by atoms with Crippen molar-refractivity contribution in [1.82, 2.24) is 5.32 Å². The zero-order valence-corrected chi connectivity index (χ0v) is 8.95. The SMILES string of the molecule is CNC1CCSc2ccc(C)cc21. The molecule has 1 aliphatic heterocycles. The van der Waals surface area contributed by atoms with Crippen LogP contribution >= 0.6 is 11.8 Å². The molecule has 0 aliphatic carbocycles. The maximum Gasteiger partial charge on any atom is 0.0336 e. The highest BCUT2D eigenvalue weighted by molar-refractivity contribution is 7.99. The predicted octanol–water partition coefficient (Wildman–Crippen LogP) is 2.75. The molecule has 2 rings (SSSR count). The third kappa shape index (κ3) is 1.74. The largest absolute Gasteiger partial charge is 0.313 e. The van der Waals surface area contributed by atoms with E-state index in [0.29, 0.717) is 6.04 Å². The van der Waals surface area contributed by atoms with E-state index in [1.54, 1.807) is 0 Å². The standard InChI is InChI=1S/C11H15NS/c1-8-3-4-11-9(7-8)10(12-2)5-6-13-11/h3-4,7,10,12H,5-6H2,1-2H3. The Kier molecular flexibility index (Phi) is 2.61. The van der Waals surface area contributed by atoms with E-state index in [9.17, 15) is 0 Å². The fourth-order valence-corrected chi connectivity index (χ4v) is 2.92. The Morgan fingerprint density at radius 2 is 2.31 bits per heavy atom. The molecule has 0 spiro atoms. The molecule has 1 nitrogen and oxygen atoms in total. The average molecular weight is 193 g/mol. The van der Waals surface area contributed by atoms with Crippen LogP contribution in [0.2, 0.25) is 0 Å². The third-order valence-corrected chi connectivity index (χ3v) is 3.68. The molecule has 1 aromatic carbocycles. The van der Waals surface area contributed by atoms with Crippen LogP contribution in [0.3, 0.4) is 0 Å². The van der Waals surface area contributed by atoms with Crippen LogP contribution in [0, 0.1) is 6.92 Å². The van der Waals surface area contributed by atoms with Crippen molar-refractivity contribution in [2.24, 2.45) is 0 Å². The van der Waals surface area contributed by atoms with E-state index in [2.05, 4.69) is 30.4 Å². The lowest BCUT2D eigenvalue weighted by atomic mass is 10.0. The number of fused-ring (bicyclic) bond motifs is 1. The predicted molar refractivity (Wildman–Crippen MR) is 58.3 cm³/mol. The van der Waals surface area contributed by atoms with Crippen molar-refractivity contribution in [3.8, 4) is 0 Å². The number of hydrogen-bond acceptors (Lipinski definition) is 2. The first kappa shape index (κ1) is 9.10. The highest BCUT2D eigenvalue weighted by Gasteiger charge is 2.18. The highest BCUT2D eigenvalue weighted by atomic mass is 32.2. The maximum atomic E-state index is 3.37. The Bertz CT molecular complexity index is 309. The fraction of sp³-hybridized carbons (Fsp3) is 0.455. The summed E-state index contributed by atoms with van der Waals surface area (Å²) in [6.07, 6.45) is 1.25. The summed E-state index contributed by atoms with van der Waals surface area (Å²) in [5, 5.41) is 3.37. The minimum absolute atomic E-state index is 0.566. The van der Waals surface area contributed by atoms with E-state index < -0.39 is 0 Å². The molecule has 2 heteroatoms. The van der Waals surface area contributed by atoms with Crippen molar-refractivity contribution in [3.63, 3.8) is 0 Å². The highest BCUT2D eigenvalue weighted by Crippen LogP contribution is 2.36. The van der Waals surface area contributed by atoms with Gasteiger partial charge in [0.05, 0.1) is 0 Å². The summed E-state index contributed by atoms with van der Waals surface area (Å²) in [5.74, 6) is 1.24. The molecule has 1 aromatic rings. The molecule has 0 saturated heterocycles. The molecule has 0 bridgehead atoms. The molecule has 1 atom stereocenters. The average Bonchev–Trinajstić information content (AvgIpc) is 2.17. The van der Waals surface area contributed by atoms with Gasteiger partial charge in [-0.25, -0.2) is 0 Å². The van der Waals surface area contributed by atoms with Gasteiger partial charge in [0, 0.05) is 10.9 Å². The van der Waals surface area contributed by atoms with E-state index >= 15 is 0 Å². The fourth-order valence-electron chi connectivity index (χ4n) is 1.81. The number of rotatable bonds is 1. The summed E-state index contributed by atoms with van der Waals surface area (Å²) in [6, 6.07) is 7.32. The summed E-state index contributed by atoms with van der Waals surface area (Å²) in [6.45, 7) is 2.16. The lowest BCUT2D eigenvalue weighted by Crippen LogP contribution is -2.20. The summed E-state index contributed by atoms with van der Waals surface area (Å²) < 4.78 is 0. The van der Waals surface area contributed by atoms with Crippen molar-refractivity contribution in [1.29, 1.82) is 0 Å². The Morgan fingerprint density at radius 1 is 1.46 bits per heavy atom. The van der Waals surface area contributed by atoms with Gasteiger partial charge < -0.3 is 5.32 Å². The molecule has 1 aliphatic rings. The van der Waals surface area contributed by atoms with Crippen LogP contribution in [0.4, 0.5) is 0 Å². The molecular weight excluding hydrogens is 178 g/mol. The zero-order chi connectivity index (χ0) is 9.26. The maximum absolute atomic E-state index is 3.37.